The molecule has 3 rings (SSSR count). The molecular weight excluding hydrogens is 236 g/mol. The lowest BCUT2D eigenvalue weighted by atomic mass is 9.99. The molecule has 0 saturated carbocycles. The number of hydrogen-bond donors (Lipinski definition) is 1. The Morgan fingerprint density at radius 2 is 2.16 bits per heavy atom. The van der Waals surface area contributed by atoms with E-state index in [4.69, 9.17) is 4.74 Å². The van der Waals surface area contributed by atoms with Gasteiger partial charge in [-0.1, -0.05) is 0 Å². The molecule has 0 spiro atoms. The van der Waals surface area contributed by atoms with Crippen molar-refractivity contribution in [1.29, 1.82) is 0 Å². The van der Waals surface area contributed by atoms with E-state index in [1.165, 1.54) is 42.6 Å². The summed E-state index contributed by atoms with van der Waals surface area (Å²) < 4.78 is 5.43. The van der Waals surface area contributed by atoms with Gasteiger partial charge in [-0.2, -0.15) is 0 Å². The van der Waals surface area contributed by atoms with E-state index in [0.29, 0.717) is 0 Å². The fourth-order valence-corrected chi connectivity index (χ4v) is 3.12. The van der Waals surface area contributed by atoms with E-state index in [1.54, 1.807) is 0 Å². The third kappa shape index (κ3) is 3.03. The van der Waals surface area contributed by atoms with Crippen LogP contribution in [0, 0.1) is 5.92 Å². The molecule has 1 N–H and O–H groups in total. The topological polar surface area (TPSA) is 24.5 Å². The van der Waals surface area contributed by atoms with Crippen LogP contribution in [-0.2, 0) is 11.2 Å². The van der Waals surface area contributed by atoms with Crippen molar-refractivity contribution in [2.24, 2.45) is 5.92 Å². The molecule has 0 radical (unpaired) electrons. The van der Waals surface area contributed by atoms with Crippen molar-refractivity contribution < 1.29 is 4.74 Å². The van der Waals surface area contributed by atoms with Crippen LogP contribution < -0.4 is 10.2 Å². The van der Waals surface area contributed by atoms with Gasteiger partial charge in [-0.25, -0.2) is 0 Å². The minimum atomic E-state index is 0.785. The summed E-state index contributed by atoms with van der Waals surface area (Å²) in [6.07, 6.45) is 4.87. The van der Waals surface area contributed by atoms with Gasteiger partial charge in [-0.3, -0.25) is 0 Å². The van der Waals surface area contributed by atoms with Gasteiger partial charge >= 0.3 is 0 Å². The summed E-state index contributed by atoms with van der Waals surface area (Å²) in [5.74, 6) is 0.785. The first-order valence-electron chi connectivity index (χ1n) is 7.48. The number of aryl methyl sites for hydroxylation is 1. The molecule has 2 aliphatic rings. The fourth-order valence-electron chi connectivity index (χ4n) is 3.12. The molecule has 0 aliphatic carbocycles. The molecular formula is C16H24N2O. The van der Waals surface area contributed by atoms with Crippen molar-refractivity contribution in [3.63, 3.8) is 0 Å². The third-order valence-electron chi connectivity index (χ3n) is 4.34. The summed E-state index contributed by atoms with van der Waals surface area (Å²) in [6, 6.07) is 6.85. The van der Waals surface area contributed by atoms with Gasteiger partial charge in [-0.05, 0) is 55.4 Å². The van der Waals surface area contributed by atoms with Gasteiger partial charge in [-0.15, -0.1) is 0 Å². The number of benzene rings is 1. The van der Waals surface area contributed by atoms with Crippen LogP contribution in [0.3, 0.4) is 0 Å². The molecule has 19 heavy (non-hydrogen) atoms. The monoisotopic (exact) mass is 260 g/mol. The highest BCUT2D eigenvalue weighted by atomic mass is 16.5. The van der Waals surface area contributed by atoms with E-state index in [0.717, 1.165) is 32.2 Å². The number of rotatable bonds is 3. The van der Waals surface area contributed by atoms with E-state index in [1.807, 2.05) is 0 Å². The summed E-state index contributed by atoms with van der Waals surface area (Å²) >= 11 is 0. The Balaban J connectivity index is 1.67. The Hall–Kier alpha value is -1.22. The summed E-state index contributed by atoms with van der Waals surface area (Å²) in [5, 5.41) is 3.48. The maximum atomic E-state index is 5.43. The zero-order chi connectivity index (χ0) is 13.1. The second-order valence-corrected chi connectivity index (χ2v) is 5.81. The van der Waals surface area contributed by atoms with Gasteiger partial charge in [0.05, 0.1) is 0 Å². The quantitative estimate of drug-likeness (QED) is 0.904. The van der Waals surface area contributed by atoms with Crippen LogP contribution in [0.1, 0.15) is 24.8 Å². The van der Waals surface area contributed by atoms with Gasteiger partial charge in [0.2, 0.25) is 0 Å². The summed E-state index contributed by atoms with van der Waals surface area (Å²) in [5.41, 5.74) is 4.16. The average Bonchev–Trinajstić information content (AvgIpc) is 2.48. The van der Waals surface area contributed by atoms with Crippen molar-refractivity contribution in [2.45, 2.75) is 25.7 Å². The fraction of sp³-hybridized carbons (Fsp3) is 0.625. The van der Waals surface area contributed by atoms with Gasteiger partial charge < -0.3 is 15.0 Å². The third-order valence-corrected chi connectivity index (χ3v) is 4.34. The van der Waals surface area contributed by atoms with Gasteiger partial charge in [0, 0.05) is 44.7 Å². The number of nitrogens with zero attached hydrogens (tertiary/aromatic N) is 1. The largest absolute Gasteiger partial charge is 0.385 e. The normalized spacial score (nSPS) is 19.6. The number of nitrogens with one attached hydrogen (secondary N) is 1. The number of hydrogen-bond acceptors (Lipinski definition) is 3. The number of anilines is 2. The van der Waals surface area contributed by atoms with Crippen LogP contribution in [0.5, 0.6) is 0 Å². The maximum Gasteiger partial charge on any atom is 0.0469 e. The molecule has 0 unspecified atom stereocenters. The van der Waals surface area contributed by atoms with E-state index >= 15 is 0 Å². The first kappa shape index (κ1) is 12.8. The lowest BCUT2D eigenvalue weighted by Crippen LogP contribution is -2.29. The molecule has 1 aromatic rings. The molecule has 1 fully saturated rings. The molecule has 2 aliphatic heterocycles. The molecule has 3 heteroatoms. The average molecular weight is 260 g/mol. The van der Waals surface area contributed by atoms with Crippen LogP contribution in [0.15, 0.2) is 18.2 Å². The van der Waals surface area contributed by atoms with Crippen molar-refractivity contribution >= 4 is 11.4 Å². The van der Waals surface area contributed by atoms with Crippen LogP contribution in [0.2, 0.25) is 0 Å². The zero-order valence-electron chi connectivity index (χ0n) is 11.8. The SMILES string of the molecule is CN(CC1CCOCC1)c1ccc2c(c1)CCCN2. The van der Waals surface area contributed by atoms with E-state index in [2.05, 4.69) is 35.5 Å². The number of ether oxygens (including phenoxy) is 1. The Morgan fingerprint density at radius 3 is 3.00 bits per heavy atom. The van der Waals surface area contributed by atoms with Gasteiger partial charge in [0.25, 0.3) is 0 Å². The lowest BCUT2D eigenvalue weighted by molar-refractivity contribution is 0.0685. The molecule has 1 aromatic carbocycles. The van der Waals surface area contributed by atoms with Crippen LogP contribution >= 0.6 is 0 Å². The summed E-state index contributed by atoms with van der Waals surface area (Å²) in [4.78, 5) is 2.41. The molecule has 104 valence electrons. The minimum absolute atomic E-state index is 0.785. The highest BCUT2D eigenvalue weighted by Crippen LogP contribution is 2.27. The maximum absolute atomic E-state index is 5.43. The second kappa shape index (κ2) is 5.83. The Kier molecular flexibility index (Phi) is 3.92. The van der Waals surface area contributed by atoms with Crippen molar-refractivity contribution in [1.82, 2.24) is 0 Å². The predicted octanol–water partition coefficient (Wildman–Crippen LogP) is 2.91. The Morgan fingerprint density at radius 1 is 1.32 bits per heavy atom. The molecule has 0 amide bonds. The Labute approximate surface area is 115 Å². The van der Waals surface area contributed by atoms with Crippen molar-refractivity contribution in [3.8, 4) is 0 Å². The lowest BCUT2D eigenvalue weighted by Gasteiger charge is -2.29. The smallest absolute Gasteiger partial charge is 0.0469 e. The second-order valence-electron chi connectivity index (χ2n) is 5.81. The van der Waals surface area contributed by atoms with Gasteiger partial charge in [0.15, 0.2) is 0 Å². The number of fused-ring (bicyclic) bond motifs is 1. The van der Waals surface area contributed by atoms with Crippen molar-refractivity contribution in [2.75, 3.05) is 43.6 Å². The molecule has 3 nitrogen and oxygen atoms in total. The summed E-state index contributed by atoms with van der Waals surface area (Å²) in [7, 11) is 2.22. The Bertz CT molecular complexity index is 427. The minimum Gasteiger partial charge on any atom is -0.385 e. The van der Waals surface area contributed by atoms with E-state index in [9.17, 15) is 0 Å². The molecule has 2 heterocycles. The zero-order valence-corrected chi connectivity index (χ0v) is 11.8. The predicted molar refractivity (Wildman–Crippen MR) is 80.1 cm³/mol. The van der Waals surface area contributed by atoms with E-state index < -0.39 is 0 Å². The highest BCUT2D eigenvalue weighted by Gasteiger charge is 2.17. The molecule has 0 aromatic heterocycles. The van der Waals surface area contributed by atoms with Crippen LogP contribution in [0.25, 0.3) is 0 Å². The van der Waals surface area contributed by atoms with Crippen LogP contribution in [-0.4, -0.2) is 33.4 Å². The van der Waals surface area contributed by atoms with Crippen molar-refractivity contribution in [3.05, 3.63) is 23.8 Å². The summed E-state index contributed by atoms with van der Waals surface area (Å²) in [6.45, 7) is 4.14. The highest BCUT2D eigenvalue weighted by molar-refractivity contribution is 5.61. The molecule has 1 saturated heterocycles. The standard InChI is InChI=1S/C16H24N2O/c1-18(12-13-6-9-19-10-7-13)15-4-5-16-14(11-15)3-2-8-17-16/h4-5,11,13,17H,2-3,6-10,12H2,1H3. The molecule has 0 atom stereocenters. The van der Waals surface area contributed by atoms with Crippen LogP contribution in [0.4, 0.5) is 11.4 Å². The first-order chi connectivity index (χ1) is 9.33. The molecule has 0 bridgehead atoms. The van der Waals surface area contributed by atoms with Gasteiger partial charge in [0.1, 0.15) is 0 Å². The van der Waals surface area contributed by atoms with E-state index in [-0.39, 0.29) is 0 Å². The first-order valence-corrected chi connectivity index (χ1v) is 7.48.